The molecule has 0 aliphatic heterocycles. The van der Waals surface area contributed by atoms with E-state index in [4.69, 9.17) is 0 Å². The molecule has 0 aliphatic rings. The van der Waals surface area contributed by atoms with Gasteiger partial charge in [-0.05, 0) is 0 Å². The van der Waals surface area contributed by atoms with E-state index in [2.05, 4.69) is 0 Å². The molecule has 0 aromatic carbocycles. The standard InChI is InChI=1S/C7H15F5NP/c1-7(2,3)6(13(4)5)14(8,9,10,11)12/h1-5H3. The van der Waals surface area contributed by atoms with Gasteiger partial charge in [-0.15, -0.1) is 0 Å². The van der Waals surface area contributed by atoms with Crippen LogP contribution in [0.3, 0.4) is 0 Å². The second-order valence-electron chi connectivity index (χ2n) is 4.53. The number of hydrogen-bond acceptors (Lipinski definition) is 0. The summed E-state index contributed by atoms with van der Waals surface area (Å²) in [5.74, 6) is 0. The number of nitrogens with zero attached hydrogens (tertiary/aromatic N) is 1. The van der Waals surface area contributed by atoms with Crippen molar-refractivity contribution in [2.75, 3.05) is 14.1 Å². The van der Waals surface area contributed by atoms with Crippen LogP contribution in [0.15, 0.2) is 0 Å². The normalized spacial score (nSPS) is 18.4. The molecule has 0 aromatic heterocycles. The van der Waals surface area contributed by atoms with Crippen molar-refractivity contribution >= 4 is 13.0 Å². The zero-order valence-electron chi connectivity index (χ0n) is 8.78. The first-order chi connectivity index (χ1) is 5.55. The van der Waals surface area contributed by atoms with Crippen LogP contribution in [0.25, 0.3) is 0 Å². The van der Waals surface area contributed by atoms with Crippen LogP contribution in [0, 0.1) is 5.41 Å². The Morgan fingerprint density at radius 3 is 1.21 bits per heavy atom. The second-order valence-corrected chi connectivity index (χ2v) is 7.08. The Morgan fingerprint density at radius 1 is 0.929 bits per heavy atom. The maximum absolute atomic E-state index is 12.6. The molecule has 0 saturated heterocycles. The third-order valence-corrected chi connectivity index (χ3v) is 3.37. The summed E-state index contributed by atoms with van der Waals surface area (Å²) in [6.45, 7) is 3.35. The van der Waals surface area contributed by atoms with Gasteiger partial charge < -0.3 is 0 Å². The molecule has 0 amide bonds. The molecule has 0 unspecified atom stereocenters. The minimum absolute atomic E-state index is 0.454. The van der Waals surface area contributed by atoms with E-state index in [0.29, 0.717) is 4.58 Å². The van der Waals surface area contributed by atoms with Gasteiger partial charge in [0.05, 0.1) is 0 Å². The molecule has 0 aromatic rings. The van der Waals surface area contributed by atoms with Crippen LogP contribution in [0.2, 0.25) is 0 Å². The quantitative estimate of drug-likeness (QED) is 0.279. The van der Waals surface area contributed by atoms with Crippen molar-refractivity contribution in [2.24, 2.45) is 5.41 Å². The minimum atomic E-state index is -9.77. The Bertz CT molecular complexity index is 276. The van der Waals surface area contributed by atoms with E-state index in [1.54, 1.807) is 0 Å². The van der Waals surface area contributed by atoms with Gasteiger partial charge in [-0.1, -0.05) is 0 Å². The van der Waals surface area contributed by atoms with Crippen LogP contribution in [-0.4, -0.2) is 24.1 Å². The van der Waals surface area contributed by atoms with E-state index >= 15 is 0 Å². The van der Waals surface area contributed by atoms with Crippen molar-refractivity contribution in [2.45, 2.75) is 20.8 Å². The summed E-state index contributed by atoms with van der Waals surface area (Å²) in [5.41, 5.74) is -3.36. The molecule has 1 nitrogen and oxygen atoms in total. The fourth-order valence-electron chi connectivity index (χ4n) is 1.68. The zero-order chi connectivity index (χ0) is 12.1. The third kappa shape index (κ3) is 3.48. The Kier molecular flexibility index (Phi) is 2.42. The summed E-state index contributed by atoms with van der Waals surface area (Å²) >= 11 is 0. The molecule has 0 N–H and O–H groups in total. The van der Waals surface area contributed by atoms with Gasteiger partial charge in [0.1, 0.15) is 0 Å². The van der Waals surface area contributed by atoms with Crippen LogP contribution < -0.4 is 0 Å². The summed E-state index contributed by atoms with van der Waals surface area (Å²) < 4.78 is 63.3. The summed E-state index contributed by atoms with van der Waals surface area (Å²) in [5, 5.41) is 0. The first kappa shape index (κ1) is 13.8. The predicted octanol–water partition coefficient (Wildman–Crippen LogP) is 4.21. The van der Waals surface area contributed by atoms with Gasteiger partial charge >= 0.3 is 78.8 Å². The van der Waals surface area contributed by atoms with Crippen molar-refractivity contribution in [3.63, 3.8) is 0 Å². The van der Waals surface area contributed by atoms with E-state index in [9.17, 15) is 21.0 Å². The third-order valence-electron chi connectivity index (χ3n) is 1.49. The topological polar surface area (TPSA) is 3.01 Å². The van der Waals surface area contributed by atoms with Gasteiger partial charge in [0.25, 0.3) is 0 Å². The summed E-state index contributed by atoms with van der Waals surface area (Å²) in [6, 6.07) is 0. The summed E-state index contributed by atoms with van der Waals surface area (Å²) in [7, 11) is -7.82. The monoisotopic (exact) mass is 239 g/mol. The molecule has 0 radical (unpaired) electrons. The number of halogens is 5. The van der Waals surface area contributed by atoms with Crippen molar-refractivity contribution in [1.82, 2.24) is 0 Å². The van der Waals surface area contributed by atoms with Crippen molar-refractivity contribution in [1.29, 1.82) is 0 Å². The van der Waals surface area contributed by atoms with Gasteiger partial charge in [-0.3, -0.25) is 0 Å². The van der Waals surface area contributed by atoms with E-state index in [1.807, 2.05) is 0 Å². The Labute approximate surface area is 79.7 Å². The van der Waals surface area contributed by atoms with Crippen LogP contribution in [-0.2, 0) is 0 Å². The summed E-state index contributed by atoms with van der Waals surface area (Å²) in [4.78, 5) is 0. The molecule has 0 fully saturated rings. The molecule has 0 spiro atoms. The van der Waals surface area contributed by atoms with Crippen molar-refractivity contribution < 1.29 is 25.6 Å². The Morgan fingerprint density at radius 2 is 1.21 bits per heavy atom. The van der Waals surface area contributed by atoms with Crippen LogP contribution in [0.4, 0.5) is 21.0 Å². The molecule has 0 rings (SSSR count). The summed E-state index contributed by atoms with van der Waals surface area (Å²) in [6.07, 6.45) is 0. The molecule has 0 atom stereocenters. The van der Waals surface area contributed by atoms with Gasteiger partial charge in [0.2, 0.25) is 0 Å². The van der Waals surface area contributed by atoms with Crippen LogP contribution >= 0.6 is 7.50 Å². The van der Waals surface area contributed by atoms with Crippen LogP contribution in [0.5, 0.6) is 0 Å². The van der Waals surface area contributed by atoms with Gasteiger partial charge in [0.15, 0.2) is 0 Å². The fraction of sp³-hybridized carbons (Fsp3) is 0.857. The van der Waals surface area contributed by atoms with E-state index in [1.165, 1.54) is 0 Å². The SMILES string of the molecule is C[N+](C)=C(C(C)(C)C)[P-](F)(F)(F)(F)F. The Balaban J connectivity index is 5.94. The molecule has 14 heavy (non-hydrogen) atoms. The number of hydrogen-bond donors (Lipinski definition) is 0. The van der Waals surface area contributed by atoms with Gasteiger partial charge in [-0.2, -0.15) is 0 Å². The molecule has 0 heterocycles. The van der Waals surface area contributed by atoms with Gasteiger partial charge in [0, 0.05) is 0 Å². The maximum atomic E-state index is 12.6. The van der Waals surface area contributed by atoms with E-state index < -0.39 is 18.4 Å². The van der Waals surface area contributed by atoms with Gasteiger partial charge in [-0.25, -0.2) is 0 Å². The molecule has 0 aliphatic carbocycles. The first-order valence-electron chi connectivity index (χ1n) is 3.94. The molecule has 0 bridgehead atoms. The van der Waals surface area contributed by atoms with Crippen molar-refractivity contribution in [3.05, 3.63) is 0 Å². The fourth-order valence-corrected chi connectivity index (χ4v) is 3.71. The molecular formula is C7H15F5NP. The molecular weight excluding hydrogens is 224 g/mol. The Hall–Kier alpha value is -0.250. The van der Waals surface area contributed by atoms with E-state index in [-0.39, 0.29) is 0 Å². The zero-order valence-corrected chi connectivity index (χ0v) is 9.68. The van der Waals surface area contributed by atoms with E-state index in [0.717, 1.165) is 34.9 Å². The molecule has 88 valence electrons. The number of rotatable bonds is 1. The average Bonchev–Trinajstić information content (AvgIpc) is 1.43. The predicted molar refractivity (Wildman–Crippen MR) is 49.0 cm³/mol. The van der Waals surface area contributed by atoms with Crippen molar-refractivity contribution in [3.8, 4) is 0 Å². The molecule has 7 heteroatoms. The second kappa shape index (κ2) is 2.46. The van der Waals surface area contributed by atoms with Crippen LogP contribution in [0.1, 0.15) is 20.8 Å². The average molecular weight is 239 g/mol. The molecule has 0 saturated carbocycles. The first-order valence-corrected chi connectivity index (χ1v) is 6.07.